The Hall–Kier alpha value is -2.55. The van der Waals surface area contributed by atoms with Crippen molar-refractivity contribution in [2.45, 2.75) is 31.7 Å². The molecule has 3 rings (SSSR count). The highest BCUT2D eigenvalue weighted by Gasteiger charge is 2.31. The minimum atomic E-state index is -0.219. The number of nitrogens with one attached hydrogen (secondary N) is 2. The van der Waals surface area contributed by atoms with E-state index in [0.717, 1.165) is 25.7 Å². The topological polar surface area (TPSA) is 85.2 Å². The number of piperidine rings is 1. The summed E-state index contributed by atoms with van der Waals surface area (Å²) in [5.41, 5.74) is 1.10. The number of likely N-dealkylation sites (tertiary alicyclic amines) is 1. The maximum Gasteiger partial charge on any atom is 0.321 e. The van der Waals surface area contributed by atoms with E-state index in [2.05, 4.69) is 10.6 Å². The fourth-order valence-electron chi connectivity index (χ4n) is 2.79. The number of urea groups is 1. The number of amides is 3. The molecule has 0 spiro atoms. The molecule has 2 N–H and O–H groups in total. The van der Waals surface area contributed by atoms with E-state index >= 15 is 0 Å². The second-order valence-corrected chi connectivity index (χ2v) is 6.19. The summed E-state index contributed by atoms with van der Waals surface area (Å²) < 4.78 is 0. The molecule has 2 fully saturated rings. The van der Waals surface area contributed by atoms with Crippen molar-refractivity contribution >= 4 is 17.6 Å². The first kappa shape index (κ1) is 15.3. The van der Waals surface area contributed by atoms with Gasteiger partial charge < -0.3 is 15.5 Å². The first-order valence-corrected chi connectivity index (χ1v) is 8.02. The molecule has 1 heterocycles. The minimum absolute atomic E-state index is 0.0662. The standard InChI is InChI=1S/C17H20N4O2/c18-10-12-3-1-5-15(9-12)20-17(23)21-8-2-4-13(11-21)16(22)19-14-6-7-14/h1,3,5,9,13-14H,2,4,6-8,11H2,(H,19,22)(H,20,23)/t13-/m0/s1. The molecule has 1 aliphatic heterocycles. The number of rotatable bonds is 3. The summed E-state index contributed by atoms with van der Waals surface area (Å²) in [6.07, 6.45) is 3.79. The molecule has 6 nitrogen and oxygen atoms in total. The third kappa shape index (κ3) is 4.01. The third-order valence-corrected chi connectivity index (χ3v) is 4.25. The van der Waals surface area contributed by atoms with Gasteiger partial charge in [-0.15, -0.1) is 0 Å². The predicted molar refractivity (Wildman–Crippen MR) is 85.6 cm³/mol. The maximum atomic E-state index is 12.4. The maximum absolute atomic E-state index is 12.4. The first-order valence-electron chi connectivity index (χ1n) is 8.02. The molecule has 23 heavy (non-hydrogen) atoms. The van der Waals surface area contributed by atoms with Crippen LogP contribution in [0.1, 0.15) is 31.2 Å². The normalized spacial score (nSPS) is 20.5. The fraction of sp³-hybridized carbons (Fsp3) is 0.471. The molecule has 1 saturated carbocycles. The molecule has 1 aliphatic carbocycles. The van der Waals surface area contributed by atoms with Gasteiger partial charge in [0, 0.05) is 24.8 Å². The summed E-state index contributed by atoms with van der Waals surface area (Å²) in [6.45, 7) is 1.10. The molecule has 0 bridgehead atoms. The minimum Gasteiger partial charge on any atom is -0.353 e. The number of nitrogens with zero attached hydrogens (tertiary/aromatic N) is 2. The number of benzene rings is 1. The van der Waals surface area contributed by atoms with Crippen LogP contribution < -0.4 is 10.6 Å². The molecule has 6 heteroatoms. The van der Waals surface area contributed by atoms with Crippen molar-refractivity contribution in [3.8, 4) is 6.07 Å². The van der Waals surface area contributed by atoms with Crippen LogP contribution in [0.4, 0.5) is 10.5 Å². The van der Waals surface area contributed by atoms with Gasteiger partial charge in [0.1, 0.15) is 0 Å². The average molecular weight is 312 g/mol. The number of carbonyl (C=O) groups excluding carboxylic acids is 2. The molecule has 3 amide bonds. The number of hydrogen-bond acceptors (Lipinski definition) is 3. The Bertz CT molecular complexity index is 648. The van der Waals surface area contributed by atoms with Gasteiger partial charge in [0.25, 0.3) is 0 Å². The van der Waals surface area contributed by atoms with Gasteiger partial charge in [-0.25, -0.2) is 4.79 Å². The zero-order chi connectivity index (χ0) is 16.2. The van der Waals surface area contributed by atoms with Gasteiger partial charge in [0.15, 0.2) is 0 Å². The van der Waals surface area contributed by atoms with Crippen molar-refractivity contribution in [3.63, 3.8) is 0 Å². The van der Waals surface area contributed by atoms with Crippen LogP contribution in [-0.4, -0.2) is 36.0 Å². The van der Waals surface area contributed by atoms with Crippen molar-refractivity contribution in [1.29, 1.82) is 5.26 Å². The molecule has 1 aromatic rings. The highest BCUT2D eigenvalue weighted by Crippen LogP contribution is 2.22. The smallest absolute Gasteiger partial charge is 0.321 e. The summed E-state index contributed by atoms with van der Waals surface area (Å²) in [4.78, 5) is 26.2. The Balaban J connectivity index is 1.57. The molecule has 120 valence electrons. The Kier molecular flexibility index (Phi) is 4.47. The molecule has 0 radical (unpaired) electrons. The SMILES string of the molecule is N#Cc1cccc(NC(=O)N2CCC[C@H](C(=O)NC3CC3)C2)c1. The van der Waals surface area contributed by atoms with E-state index in [-0.39, 0.29) is 17.9 Å². The van der Waals surface area contributed by atoms with Crippen LogP contribution >= 0.6 is 0 Å². The van der Waals surface area contributed by atoms with Gasteiger partial charge in [0.05, 0.1) is 17.6 Å². The first-order chi connectivity index (χ1) is 11.2. The van der Waals surface area contributed by atoms with E-state index in [4.69, 9.17) is 5.26 Å². The summed E-state index contributed by atoms with van der Waals surface area (Å²) in [7, 11) is 0. The highest BCUT2D eigenvalue weighted by molar-refractivity contribution is 5.90. The average Bonchev–Trinajstić information content (AvgIpc) is 3.39. The summed E-state index contributed by atoms with van der Waals surface area (Å²) >= 11 is 0. The van der Waals surface area contributed by atoms with Crippen molar-refractivity contribution in [3.05, 3.63) is 29.8 Å². The van der Waals surface area contributed by atoms with Crippen LogP contribution in [0.25, 0.3) is 0 Å². The second-order valence-electron chi connectivity index (χ2n) is 6.19. The van der Waals surface area contributed by atoms with E-state index in [0.29, 0.717) is 30.4 Å². The van der Waals surface area contributed by atoms with Gasteiger partial charge in [-0.3, -0.25) is 4.79 Å². The zero-order valence-electron chi connectivity index (χ0n) is 12.9. The van der Waals surface area contributed by atoms with Crippen LogP contribution in [0, 0.1) is 17.2 Å². The summed E-state index contributed by atoms with van der Waals surface area (Å²) in [6, 6.07) is 8.99. The van der Waals surface area contributed by atoms with Crippen LogP contribution in [0.3, 0.4) is 0 Å². The molecular weight excluding hydrogens is 292 g/mol. The molecular formula is C17H20N4O2. The highest BCUT2D eigenvalue weighted by atomic mass is 16.2. The van der Waals surface area contributed by atoms with E-state index in [1.54, 1.807) is 29.2 Å². The van der Waals surface area contributed by atoms with Gasteiger partial charge in [0.2, 0.25) is 5.91 Å². The van der Waals surface area contributed by atoms with E-state index in [1.165, 1.54) is 0 Å². The Morgan fingerprint density at radius 1 is 1.26 bits per heavy atom. The van der Waals surface area contributed by atoms with E-state index in [1.807, 2.05) is 6.07 Å². The van der Waals surface area contributed by atoms with Gasteiger partial charge in [-0.2, -0.15) is 5.26 Å². The zero-order valence-corrected chi connectivity index (χ0v) is 12.9. The Labute approximate surface area is 135 Å². The largest absolute Gasteiger partial charge is 0.353 e. The summed E-state index contributed by atoms with van der Waals surface area (Å²) in [5.74, 6) is -0.0583. The van der Waals surface area contributed by atoms with Crippen molar-refractivity contribution < 1.29 is 9.59 Å². The van der Waals surface area contributed by atoms with Crippen LogP contribution in [0.2, 0.25) is 0 Å². The molecule has 0 aromatic heterocycles. The second kappa shape index (κ2) is 6.69. The number of anilines is 1. The predicted octanol–water partition coefficient (Wildman–Crippen LogP) is 2.08. The van der Waals surface area contributed by atoms with Gasteiger partial charge >= 0.3 is 6.03 Å². The quantitative estimate of drug-likeness (QED) is 0.896. The Morgan fingerprint density at radius 2 is 2.09 bits per heavy atom. The van der Waals surface area contributed by atoms with E-state index < -0.39 is 0 Å². The number of hydrogen-bond donors (Lipinski definition) is 2. The van der Waals surface area contributed by atoms with Crippen molar-refractivity contribution in [1.82, 2.24) is 10.2 Å². The number of nitriles is 1. The van der Waals surface area contributed by atoms with Crippen LogP contribution in [0.15, 0.2) is 24.3 Å². The van der Waals surface area contributed by atoms with Crippen LogP contribution in [-0.2, 0) is 4.79 Å². The monoisotopic (exact) mass is 312 g/mol. The van der Waals surface area contributed by atoms with Crippen molar-refractivity contribution in [2.75, 3.05) is 18.4 Å². The van der Waals surface area contributed by atoms with Gasteiger partial charge in [-0.1, -0.05) is 6.07 Å². The van der Waals surface area contributed by atoms with E-state index in [9.17, 15) is 9.59 Å². The lowest BCUT2D eigenvalue weighted by molar-refractivity contribution is -0.126. The molecule has 1 saturated heterocycles. The lowest BCUT2D eigenvalue weighted by Crippen LogP contribution is -2.47. The lowest BCUT2D eigenvalue weighted by Gasteiger charge is -2.32. The molecule has 1 aromatic carbocycles. The number of carbonyl (C=O) groups is 2. The van der Waals surface area contributed by atoms with Gasteiger partial charge in [-0.05, 0) is 43.9 Å². The Morgan fingerprint density at radius 3 is 2.83 bits per heavy atom. The van der Waals surface area contributed by atoms with Crippen LogP contribution in [0.5, 0.6) is 0 Å². The third-order valence-electron chi connectivity index (χ3n) is 4.25. The molecule has 2 aliphatic rings. The van der Waals surface area contributed by atoms with Crippen molar-refractivity contribution in [2.24, 2.45) is 5.92 Å². The fourth-order valence-corrected chi connectivity index (χ4v) is 2.79. The lowest BCUT2D eigenvalue weighted by atomic mass is 9.97. The molecule has 1 atom stereocenters. The summed E-state index contributed by atoms with van der Waals surface area (Å²) in [5, 5.41) is 14.7. The molecule has 0 unspecified atom stereocenters.